The molecule has 1 aliphatic rings. The molecule has 25 heavy (non-hydrogen) atoms. The van der Waals surface area contributed by atoms with E-state index in [1.54, 1.807) is 0 Å². The molecule has 0 aliphatic heterocycles. The van der Waals surface area contributed by atoms with Crippen LogP contribution in [0.5, 0.6) is 0 Å². The molecule has 4 nitrogen and oxygen atoms in total. The second kappa shape index (κ2) is 7.56. The van der Waals surface area contributed by atoms with Crippen molar-refractivity contribution in [1.82, 2.24) is 0 Å². The fourth-order valence-electron chi connectivity index (χ4n) is 2.60. The number of rotatable bonds is 6. The van der Waals surface area contributed by atoms with Crippen molar-refractivity contribution in [1.29, 1.82) is 0 Å². The standard InChI is InChI=1S/C19H40O4Si2/c1-18(2,3)24(7,8)22-16-11-17(15(13-21)14(16)12-20)23-25(9,10)19(4,5)6/h16-17,20-21H,11-13H2,1-10H3/t16-,17+. The van der Waals surface area contributed by atoms with E-state index in [-0.39, 0.29) is 35.5 Å². The molecule has 2 atom stereocenters. The Morgan fingerprint density at radius 3 is 1.24 bits per heavy atom. The SMILES string of the molecule is CC(C)(C)[Si](C)(C)O[C@H]1C[C@@H](O[Si](C)(C)C(C)(C)C)C(CO)=C1CO. The second-order valence-corrected chi connectivity index (χ2v) is 19.8. The summed E-state index contributed by atoms with van der Waals surface area (Å²) in [6.07, 6.45) is 0.399. The molecule has 0 heterocycles. The van der Waals surface area contributed by atoms with Crippen LogP contribution in [0.2, 0.25) is 36.3 Å². The first-order chi connectivity index (χ1) is 11.1. The van der Waals surface area contributed by atoms with Gasteiger partial charge in [0.05, 0.1) is 25.4 Å². The highest BCUT2D eigenvalue weighted by Gasteiger charge is 2.46. The van der Waals surface area contributed by atoms with E-state index in [2.05, 4.69) is 67.7 Å². The van der Waals surface area contributed by atoms with Crippen molar-refractivity contribution in [3.05, 3.63) is 11.1 Å². The Morgan fingerprint density at radius 2 is 1.04 bits per heavy atom. The van der Waals surface area contributed by atoms with Gasteiger partial charge in [0.2, 0.25) is 0 Å². The Hall–Kier alpha value is 0.0138. The number of hydrogen-bond donors (Lipinski definition) is 2. The molecular weight excluding hydrogens is 348 g/mol. The van der Waals surface area contributed by atoms with Crippen LogP contribution in [0.3, 0.4) is 0 Å². The lowest BCUT2D eigenvalue weighted by atomic mass is 10.1. The monoisotopic (exact) mass is 388 g/mol. The molecule has 0 saturated heterocycles. The van der Waals surface area contributed by atoms with Crippen molar-refractivity contribution in [2.45, 2.75) is 96.4 Å². The van der Waals surface area contributed by atoms with Crippen LogP contribution in [-0.2, 0) is 8.85 Å². The summed E-state index contributed by atoms with van der Waals surface area (Å²) in [5.41, 5.74) is 1.66. The predicted molar refractivity (Wildman–Crippen MR) is 110 cm³/mol. The summed E-state index contributed by atoms with van der Waals surface area (Å²) < 4.78 is 13.1. The normalized spacial score (nSPS) is 23.5. The van der Waals surface area contributed by atoms with Gasteiger partial charge in [-0.25, -0.2) is 0 Å². The van der Waals surface area contributed by atoms with Crippen molar-refractivity contribution < 1.29 is 19.1 Å². The van der Waals surface area contributed by atoms with Gasteiger partial charge in [-0.05, 0) is 47.4 Å². The van der Waals surface area contributed by atoms with Gasteiger partial charge in [0.25, 0.3) is 0 Å². The summed E-state index contributed by atoms with van der Waals surface area (Å²) in [5, 5.41) is 20.1. The van der Waals surface area contributed by atoms with E-state index < -0.39 is 16.6 Å². The number of aliphatic hydroxyl groups is 2. The smallest absolute Gasteiger partial charge is 0.192 e. The second-order valence-electron chi connectivity index (χ2n) is 10.3. The van der Waals surface area contributed by atoms with E-state index in [4.69, 9.17) is 8.85 Å². The zero-order chi connectivity index (χ0) is 19.8. The molecule has 0 unspecified atom stereocenters. The third-order valence-electron chi connectivity index (χ3n) is 6.44. The maximum atomic E-state index is 9.94. The van der Waals surface area contributed by atoms with Gasteiger partial charge in [-0.2, -0.15) is 0 Å². The summed E-state index contributed by atoms with van der Waals surface area (Å²) in [6, 6.07) is 0. The molecule has 0 bridgehead atoms. The highest BCUT2D eigenvalue weighted by atomic mass is 28.4. The highest BCUT2D eigenvalue weighted by molar-refractivity contribution is 6.74. The minimum atomic E-state index is -1.97. The van der Waals surface area contributed by atoms with Gasteiger partial charge in [-0.1, -0.05) is 41.5 Å². The van der Waals surface area contributed by atoms with Crippen LogP contribution in [0.4, 0.5) is 0 Å². The van der Waals surface area contributed by atoms with Crippen LogP contribution in [0.15, 0.2) is 11.1 Å². The highest BCUT2D eigenvalue weighted by Crippen LogP contribution is 2.44. The van der Waals surface area contributed by atoms with Crippen LogP contribution in [-0.4, -0.2) is 52.3 Å². The fraction of sp³-hybridized carbons (Fsp3) is 0.895. The van der Waals surface area contributed by atoms with Crippen molar-refractivity contribution in [3.8, 4) is 0 Å². The predicted octanol–water partition coefficient (Wildman–Crippen LogP) is 4.45. The number of aliphatic hydroxyl groups excluding tert-OH is 2. The van der Waals surface area contributed by atoms with Crippen LogP contribution < -0.4 is 0 Å². The quantitative estimate of drug-likeness (QED) is 0.521. The molecule has 148 valence electrons. The van der Waals surface area contributed by atoms with Gasteiger partial charge in [-0.15, -0.1) is 0 Å². The van der Waals surface area contributed by atoms with Gasteiger partial charge < -0.3 is 19.1 Å². The van der Waals surface area contributed by atoms with E-state index in [0.29, 0.717) is 6.42 Å². The molecule has 0 saturated carbocycles. The van der Waals surface area contributed by atoms with Gasteiger partial charge >= 0.3 is 0 Å². The summed E-state index contributed by atoms with van der Waals surface area (Å²) in [7, 11) is -3.93. The van der Waals surface area contributed by atoms with E-state index in [9.17, 15) is 10.2 Å². The van der Waals surface area contributed by atoms with E-state index in [0.717, 1.165) is 11.1 Å². The lowest BCUT2D eigenvalue weighted by Crippen LogP contribution is -2.46. The van der Waals surface area contributed by atoms with Crippen LogP contribution in [0.1, 0.15) is 48.0 Å². The van der Waals surface area contributed by atoms with Gasteiger partial charge in [-0.3, -0.25) is 0 Å². The van der Waals surface area contributed by atoms with Crippen molar-refractivity contribution >= 4 is 16.6 Å². The maximum absolute atomic E-state index is 9.94. The summed E-state index contributed by atoms with van der Waals surface area (Å²) in [6.45, 7) is 22.0. The number of hydrogen-bond acceptors (Lipinski definition) is 4. The summed E-state index contributed by atoms with van der Waals surface area (Å²) in [4.78, 5) is 0. The Kier molecular flexibility index (Phi) is 6.97. The molecular formula is C19H40O4Si2. The van der Waals surface area contributed by atoms with Crippen LogP contribution in [0.25, 0.3) is 0 Å². The molecule has 0 radical (unpaired) electrons. The Labute approximate surface area is 156 Å². The first-order valence-electron chi connectivity index (χ1n) is 9.36. The zero-order valence-corrected chi connectivity index (χ0v) is 20.0. The molecule has 2 N–H and O–H groups in total. The zero-order valence-electron chi connectivity index (χ0n) is 18.0. The molecule has 1 aliphatic carbocycles. The Bertz CT molecular complexity index is 455. The molecule has 6 heteroatoms. The molecule has 0 aromatic rings. The van der Waals surface area contributed by atoms with Gasteiger partial charge in [0.15, 0.2) is 16.6 Å². The fourth-order valence-corrected chi connectivity index (χ4v) is 5.21. The van der Waals surface area contributed by atoms with Gasteiger partial charge in [0, 0.05) is 6.42 Å². The molecule has 1 rings (SSSR count). The minimum absolute atomic E-state index is 0.0768. The first-order valence-corrected chi connectivity index (χ1v) is 15.2. The summed E-state index contributed by atoms with van der Waals surface area (Å²) in [5.74, 6) is 0. The molecule has 0 spiro atoms. The van der Waals surface area contributed by atoms with Crippen molar-refractivity contribution in [2.24, 2.45) is 0 Å². The molecule has 0 fully saturated rings. The van der Waals surface area contributed by atoms with E-state index in [1.807, 2.05) is 0 Å². The average molecular weight is 389 g/mol. The van der Waals surface area contributed by atoms with Crippen LogP contribution >= 0.6 is 0 Å². The molecule has 0 amide bonds. The lowest BCUT2D eigenvalue weighted by Gasteiger charge is -2.40. The van der Waals surface area contributed by atoms with Crippen molar-refractivity contribution in [3.63, 3.8) is 0 Å². The Morgan fingerprint density at radius 1 is 0.760 bits per heavy atom. The maximum Gasteiger partial charge on any atom is 0.192 e. The third-order valence-corrected chi connectivity index (χ3v) is 15.4. The van der Waals surface area contributed by atoms with Gasteiger partial charge in [0.1, 0.15) is 0 Å². The van der Waals surface area contributed by atoms with Crippen molar-refractivity contribution in [2.75, 3.05) is 13.2 Å². The minimum Gasteiger partial charge on any atom is -0.410 e. The Balaban J connectivity index is 3.09. The van der Waals surface area contributed by atoms with Crippen LogP contribution in [0, 0.1) is 0 Å². The first kappa shape index (κ1) is 23.1. The third kappa shape index (κ3) is 5.05. The largest absolute Gasteiger partial charge is 0.410 e. The van der Waals surface area contributed by atoms with E-state index in [1.165, 1.54) is 0 Å². The lowest BCUT2D eigenvalue weighted by molar-refractivity contribution is 0.142. The average Bonchev–Trinajstić information content (AvgIpc) is 2.70. The molecule has 0 aromatic carbocycles. The van der Waals surface area contributed by atoms with E-state index >= 15 is 0 Å². The molecule has 0 aromatic heterocycles. The topological polar surface area (TPSA) is 58.9 Å². The summed E-state index contributed by atoms with van der Waals surface area (Å²) >= 11 is 0.